The van der Waals surface area contributed by atoms with Crippen LogP contribution in [0.2, 0.25) is 5.02 Å². The van der Waals surface area contributed by atoms with Crippen LogP contribution >= 0.6 is 11.6 Å². The van der Waals surface area contributed by atoms with Crippen LogP contribution in [-0.2, 0) is 10.2 Å². The van der Waals surface area contributed by atoms with E-state index in [0.29, 0.717) is 23.1 Å². The minimum Gasteiger partial charge on any atom is -0.437 e. The zero-order chi connectivity index (χ0) is 23.1. The summed E-state index contributed by atoms with van der Waals surface area (Å²) in [5, 5.41) is 5.77. The van der Waals surface area contributed by atoms with Gasteiger partial charge in [-0.1, -0.05) is 37.1 Å². The van der Waals surface area contributed by atoms with Crippen molar-refractivity contribution in [3.8, 4) is 11.6 Å². The van der Waals surface area contributed by atoms with Crippen LogP contribution in [0.5, 0.6) is 11.6 Å². The molecule has 1 aromatic heterocycles. The quantitative estimate of drug-likeness (QED) is 0.368. The Morgan fingerprint density at radius 2 is 1.97 bits per heavy atom. The van der Waals surface area contributed by atoms with Crippen molar-refractivity contribution >= 4 is 33.3 Å². The van der Waals surface area contributed by atoms with E-state index >= 15 is 0 Å². The highest BCUT2D eigenvalue weighted by Gasteiger charge is 2.24. The summed E-state index contributed by atoms with van der Waals surface area (Å²) in [7, 11) is -4.08. The van der Waals surface area contributed by atoms with Crippen molar-refractivity contribution in [3.05, 3.63) is 77.7 Å². The van der Waals surface area contributed by atoms with Gasteiger partial charge in [0.2, 0.25) is 5.88 Å². The molecule has 1 heterocycles. The Bertz CT molecular complexity index is 1170. The molecule has 0 spiro atoms. The Balaban J connectivity index is 2.06. The molecule has 2 N–H and O–H groups in total. The molecule has 0 radical (unpaired) electrons. The zero-order valence-electron chi connectivity index (χ0n) is 17.7. The summed E-state index contributed by atoms with van der Waals surface area (Å²) in [6, 6.07) is 14.4. The number of ether oxygens (including phenoxy) is 1. The van der Waals surface area contributed by atoms with Gasteiger partial charge in [-0.25, -0.2) is 10.1 Å². The highest BCUT2D eigenvalue weighted by molar-refractivity contribution is 7.88. The summed E-state index contributed by atoms with van der Waals surface area (Å²) in [6.45, 7) is 3.67. The van der Waals surface area contributed by atoms with Crippen LogP contribution in [0.25, 0.3) is 0 Å². The van der Waals surface area contributed by atoms with E-state index in [4.69, 9.17) is 21.5 Å². The largest absolute Gasteiger partial charge is 0.437 e. The molecule has 32 heavy (non-hydrogen) atoms. The van der Waals surface area contributed by atoms with Crippen molar-refractivity contribution in [1.29, 1.82) is 0 Å². The van der Waals surface area contributed by atoms with Crippen molar-refractivity contribution in [2.24, 2.45) is 9.54 Å². The molecule has 0 bridgehead atoms. The second-order valence-corrected chi connectivity index (χ2v) is 8.67. The van der Waals surface area contributed by atoms with Gasteiger partial charge in [0, 0.05) is 23.1 Å². The lowest BCUT2D eigenvalue weighted by atomic mass is 9.99. The third-order valence-electron chi connectivity index (χ3n) is 4.59. The first-order chi connectivity index (χ1) is 15.3. The van der Waals surface area contributed by atoms with Crippen LogP contribution < -0.4 is 14.8 Å². The van der Waals surface area contributed by atoms with Crippen LogP contribution in [0.3, 0.4) is 0 Å². The minimum absolute atomic E-state index is 0.239. The maximum Gasteiger partial charge on any atom is 0.318 e. The molecule has 10 heteroatoms. The molecule has 3 rings (SSSR count). The molecule has 0 saturated carbocycles. The number of rotatable bonds is 8. The Morgan fingerprint density at radius 1 is 1.22 bits per heavy atom. The summed E-state index contributed by atoms with van der Waals surface area (Å²) in [5.74, 6) is 1.20. The van der Waals surface area contributed by atoms with Gasteiger partial charge in [-0.3, -0.25) is 4.98 Å². The van der Waals surface area contributed by atoms with Gasteiger partial charge in [0.1, 0.15) is 11.6 Å². The summed E-state index contributed by atoms with van der Waals surface area (Å²) >= 11 is 6.07. The Hall–Kier alpha value is -3.01. The molecule has 0 aliphatic carbocycles. The van der Waals surface area contributed by atoms with Gasteiger partial charge in [-0.2, -0.15) is 8.42 Å². The van der Waals surface area contributed by atoms with Crippen LogP contribution in [-0.4, -0.2) is 24.2 Å². The number of halogens is 1. The number of anilines is 1. The van der Waals surface area contributed by atoms with Gasteiger partial charge in [-0.15, -0.1) is 4.40 Å². The van der Waals surface area contributed by atoms with Gasteiger partial charge in [-0.05, 0) is 55.3 Å². The molecule has 0 unspecified atom stereocenters. The van der Waals surface area contributed by atoms with Crippen LogP contribution in [0.15, 0.2) is 71.5 Å². The number of amidine groups is 1. The second-order valence-electron chi connectivity index (χ2n) is 7.02. The van der Waals surface area contributed by atoms with Crippen molar-refractivity contribution in [1.82, 2.24) is 9.97 Å². The Morgan fingerprint density at radius 3 is 2.59 bits per heavy atom. The SMILES string of the molecule is CCC[C@H](c1cccc(Oc2cnccn2)c1)N(/C(C)=N/S(N)(=O)=O)c1ccc(Cl)cc1. The molecule has 0 aliphatic rings. The van der Waals surface area contributed by atoms with Gasteiger partial charge in [0.05, 0.1) is 12.2 Å². The Labute approximate surface area is 192 Å². The standard InChI is InChI=1S/C22H24ClN5O3S/c1-3-5-21(17-6-4-7-20(14-17)31-22-15-25-12-13-26-22)28(16(2)27-32(24,29)30)19-10-8-18(23)9-11-19/h4,6-15,21H,3,5H2,1-2H3,(H2,24,29,30)/b27-16+/t21-/m1/s1. The van der Waals surface area contributed by atoms with Crippen molar-refractivity contribution in [2.75, 3.05) is 4.90 Å². The summed E-state index contributed by atoms with van der Waals surface area (Å²) in [5.41, 5.74) is 1.64. The fraction of sp³-hybridized carbons (Fsp3) is 0.227. The van der Waals surface area contributed by atoms with Crippen LogP contribution in [0.4, 0.5) is 5.69 Å². The molecule has 2 aromatic carbocycles. The molecule has 0 saturated heterocycles. The summed E-state index contributed by atoms with van der Waals surface area (Å²) < 4.78 is 33.0. The fourth-order valence-corrected chi connectivity index (χ4v) is 3.97. The maximum atomic E-state index is 11.7. The van der Waals surface area contributed by atoms with Crippen LogP contribution in [0.1, 0.15) is 38.3 Å². The van der Waals surface area contributed by atoms with E-state index in [1.165, 1.54) is 6.20 Å². The molecule has 0 amide bonds. The van der Waals surface area contributed by atoms with E-state index in [1.54, 1.807) is 31.5 Å². The molecule has 8 nitrogen and oxygen atoms in total. The zero-order valence-corrected chi connectivity index (χ0v) is 19.3. The molecular weight excluding hydrogens is 450 g/mol. The number of hydrogen-bond acceptors (Lipinski definition) is 5. The van der Waals surface area contributed by atoms with Gasteiger partial charge in [0.25, 0.3) is 0 Å². The first-order valence-corrected chi connectivity index (χ1v) is 11.8. The van der Waals surface area contributed by atoms with Crippen molar-refractivity contribution in [2.45, 2.75) is 32.7 Å². The molecule has 168 valence electrons. The lowest BCUT2D eigenvalue weighted by Crippen LogP contribution is -2.34. The number of nitrogens with two attached hydrogens (primary N) is 1. The van der Waals surface area contributed by atoms with E-state index in [1.807, 2.05) is 41.3 Å². The first kappa shape index (κ1) is 23.6. The van der Waals surface area contributed by atoms with Crippen molar-refractivity contribution < 1.29 is 13.2 Å². The normalized spacial score (nSPS) is 12.9. The van der Waals surface area contributed by atoms with Gasteiger partial charge >= 0.3 is 10.2 Å². The van der Waals surface area contributed by atoms with E-state index in [9.17, 15) is 8.42 Å². The third-order valence-corrected chi connectivity index (χ3v) is 5.36. The number of aromatic nitrogens is 2. The smallest absolute Gasteiger partial charge is 0.318 e. The fourth-order valence-electron chi connectivity index (χ4n) is 3.38. The average Bonchev–Trinajstić information content (AvgIpc) is 2.74. The van der Waals surface area contributed by atoms with Crippen molar-refractivity contribution in [3.63, 3.8) is 0 Å². The van der Waals surface area contributed by atoms with E-state index in [2.05, 4.69) is 21.3 Å². The molecule has 0 aliphatic heterocycles. The molecule has 3 aromatic rings. The number of nitrogens with zero attached hydrogens (tertiary/aromatic N) is 4. The predicted molar refractivity (Wildman–Crippen MR) is 126 cm³/mol. The molecule has 1 atom stereocenters. The molecule has 0 fully saturated rings. The lowest BCUT2D eigenvalue weighted by molar-refractivity contribution is 0.458. The second kappa shape index (κ2) is 10.5. The van der Waals surface area contributed by atoms with E-state index in [-0.39, 0.29) is 11.9 Å². The van der Waals surface area contributed by atoms with Gasteiger partial charge in [0.15, 0.2) is 0 Å². The highest BCUT2D eigenvalue weighted by atomic mass is 35.5. The number of hydrogen-bond donors (Lipinski definition) is 1. The molecular formula is C22H24ClN5O3S. The van der Waals surface area contributed by atoms with E-state index in [0.717, 1.165) is 17.7 Å². The third kappa shape index (κ3) is 6.49. The number of benzene rings is 2. The van der Waals surface area contributed by atoms with Crippen LogP contribution in [0, 0.1) is 0 Å². The summed E-state index contributed by atoms with van der Waals surface area (Å²) in [6.07, 6.45) is 6.20. The average molecular weight is 474 g/mol. The lowest BCUT2D eigenvalue weighted by Gasteiger charge is -2.33. The van der Waals surface area contributed by atoms with Gasteiger partial charge < -0.3 is 9.64 Å². The Kier molecular flexibility index (Phi) is 7.79. The monoisotopic (exact) mass is 473 g/mol. The topological polar surface area (TPSA) is 111 Å². The minimum atomic E-state index is -4.08. The maximum absolute atomic E-state index is 11.7. The summed E-state index contributed by atoms with van der Waals surface area (Å²) in [4.78, 5) is 9.99. The predicted octanol–water partition coefficient (Wildman–Crippen LogP) is 4.89. The highest BCUT2D eigenvalue weighted by Crippen LogP contribution is 2.34. The first-order valence-electron chi connectivity index (χ1n) is 9.94. The van der Waals surface area contributed by atoms with E-state index < -0.39 is 10.2 Å².